The van der Waals surface area contributed by atoms with Gasteiger partial charge in [0.15, 0.2) is 0 Å². The van der Waals surface area contributed by atoms with Crippen LogP contribution in [0.3, 0.4) is 0 Å². The van der Waals surface area contributed by atoms with E-state index in [1.54, 1.807) is 0 Å². The van der Waals surface area contributed by atoms with E-state index in [9.17, 15) is 9.59 Å². The van der Waals surface area contributed by atoms with Gasteiger partial charge in [0.2, 0.25) is 11.8 Å². The zero-order valence-electron chi connectivity index (χ0n) is 20.7. The van der Waals surface area contributed by atoms with Gasteiger partial charge in [-0.2, -0.15) is 0 Å². The highest BCUT2D eigenvalue weighted by molar-refractivity contribution is 14.1. The summed E-state index contributed by atoms with van der Waals surface area (Å²) >= 11 is 2.45. The predicted molar refractivity (Wildman–Crippen MR) is 133 cm³/mol. The molecule has 8 heteroatoms. The Hall–Kier alpha value is -0.450. The minimum absolute atomic E-state index is 0.158. The van der Waals surface area contributed by atoms with Gasteiger partial charge in [-0.05, 0) is 47.5 Å². The maximum atomic E-state index is 12.6. The van der Waals surface area contributed by atoms with Crippen LogP contribution in [0, 0.1) is 5.41 Å². The lowest BCUT2D eigenvalue weighted by atomic mass is 9.95. The van der Waals surface area contributed by atoms with Crippen molar-refractivity contribution in [3.05, 3.63) is 0 Å². The maximum Gasteiger partial charge on any atom is 0.244 e. The largest absolute Gasteiger partial charge is 0.360 e. The van der Waals surface area contributed by atoms with Crippen LogP contribution in [0.4, 0.5) is 0 Å². The summed E-state index contributed by atoms with van der Waals surface area (Å²) in [6.45, 7) is 21.1. The monoisotopic (exact) mass is 540 g/mol. The first-order valence-electron chi connectivity index (χ1n) is 10.7. The van der Waals surface area contributed by atoms with E-state index < -0.39 is 11.5 Å². The summed E-state index contributed by atoms with van der Waals surface area (Å²) in [5.41, 5.74) is -0.959. The minimum Gasteiger partial charge on any atom is -0.360 e. The normalized spacial score (nSPS) is 14.4. The van der Waals surface area contributed by atoms with Crippen LogP contribution in [-0.4, -0.2) is 52.4 Å². The van der Waals surface area contributed by atoms with E-state index in [0.29, 0.717) is 13.3 Å². The minimum atomic E-state index is -0.652. The third-order valence-electron chi connectivity index (χ3n) is 4.41. The first kappa shape index (κ1) is 29.5. The van der Waals surface area contributed by atoms with E-state index in [1.165, 1.54) is 0 Å². The van der Waals surface area contributed by atoms with Crippen molar-refractivity contribution >= 4 is 34.4 Å². The Morgan fingerprint density at radius 3 is 1.97 bits per heavy atom. The highest BCUT2D eigenvalue weighted by Crippen LogP contribution is 2.28. The SMILES string of the molecule is CC(C)(I)CCC(C)(C)OCNCNC(=O)C(CNC(C)(C)C)NC(=O)C(C)(C)C. The molecular formula is C22H45IN4O3. The molecule has 178 valence electrons. The van der Waals surface area contributed by atoms with Crippen molar-refractivity contribution in [2.24, 2.45) is 5.41 Å². The molecule has 0 rings (SSSR count). The Labute approximate surface area is 197 Å². The van der Waals surface area contributed by atoms with Gasteiger partial charge >= 0.3 is 0 Å². The molecule has 4 N–H and O–H groups in total. The number of hydrogen-bond donors (Lipinski definition) is 4. The van der Waals surface area contributed by atoms with Crippen LogP contribution in [0.1, 0.15) is 82.1 Å². The molecule has 0 aliphatic rings. The van der Waals surface area contributed by atoms with Crippen LogP contribution in [0.15, 0.2) is 0 Å². The van der Waals surface area contributed by atoms with Crippen molar-refractivity contribution in [2.45, 2.75) is 103 Å². The molecule has 0 aliphatic carbocycles. The summed E-state index contributed by atoms with van der Waals surface area (Å²) in [5.74, 6) is -0.391. The lowest BCUT2D eigenvalue weighted by molar-refractivity contribution is -0.133. The lowest BCUT2D eigenvalue weighted by Gasteiger charge is -2.29. The Morgan fingerprint density at radius 2 is 1.50 bits per heavy atom. The van der Waals surface area contributed by atoms with Crippen LogP contribution in [0.2, 0.25) is 0 Å². The summed E-state index contributed by atoms with van der Waals surface area (Å²) in [5, 5.41) is 12.1. The number of alkyl halides is 1. The Balaban J connectivity index is 4.54. The molecule has 0 aromatic rings. The summed E-state index contributed by atoms with van der Waals surface area (Å²) < 4.78 is 6.16. The van der Waals surface area contributed by atoms with E-state index >= 15 is 0 Å². The Kier molecular flexibility index (Phi) is 11.8. The third-order valence-corrected chi connectivity index (χ3v) is 4.95. The van der Waals surface area contributed by atoms with E-state index in [-0.39, 0.29) is 33.0 Å². The van der Waals surface area contributed by atoms with Crippen molar-refractivity contribution in [3.8, 4) is 0 Å². The molecule has 0 saturated heterocycles. The van der Waals surface area contributed by atoms with E-state index in [0.717, 1.165) is 12.8 Å². The topological polar surface area (TPSA) is 91.5 Å². The zero-order chi connectivity index (χ0) is 23.8. The molecule has 30 heavy (non-hydrogen) atoms. The number of amides is 2. The van der Waals surface area contributed by atoms with E-state index in [2.05, 4.69) is 71.6 Å². The standard InChI is InChI=1S/C22H45IN4O3/c1-19(2,3)18(29)27-16(13-26-20(4,5)6)17(28)25-14-24-15-30-22(9,10)12-11-21(7,8)23/h16,24,26H,11-15H2,1-10H3,(H,25,28)(H,27,29). The number of hydrogen-bond acceptors (Lipinski definition) is 5. The molecule has 0 heterocycles. The van der Waals surface area contributed by atoms with Gasteiger partial charge in [0.05, 0.1) is 19.0 Å². The highest BCUT2D eigenvalue weighted by Gasteiger charge is 2.28. The molecule has 0 aromatic carbocycles. The molecule has 0 radical (unpaired) electrons. The quantitative estimate of drug-likeness (QED) is 0.132. The molecule has 7 nitrogen and oxygen atoms in total. The number of nitrogens with one attached hydrogen (secondary N) is 4. The predicted octanol–water partition coefficient (Wildman–Crippen LogP) is 3.32. The second-order valence-electron chi connectivity index (χ2n) is 11.1. The average molecular weight is 541 g/mol. The zero-order valence-corrected chi connectivity index (χ0v) is 22.9. The second-order valence-corrected chi connectivity index (χ2v) is 14.1. The van der Waals surface area contributed by atoms with Crippen molar-refractivity contribution < 1.29 is 14.3 Å². The second kappa shape index (κ2) is 12.0. The fourth-order valence-electron chi connectivity index (χ4n) is 2.23. The molecule has 0 bridgehead atoms. The molecule has 0 spiro atoms. The molecule has 0 aliphatic heterocycles. The molecular weight excluding hydrogens is 495 g/mol. The van der Waals surface area contributed by atoms with Gasteiger partial charge in [-0.15, -0.1) is 0 Å². The smallest absolute Gasteiger partial charge is 0.244 e. The van der Waals surface area contributed by atoms with E-state index in [4.69, 9.17) is 4.74 Å². The van der Waals surface area contributed by atoms with Crippen molar-refractivity contribution in [1.29, 1.82) is 0 Å². The highest BCUT2D eigenvalue weighted by atomic mass is 127. The first-order chi connectivity index (χ1) is 13.3. The molecule has 2 amide bonds. The van der Waals surface area contributed by atoms with Crippen LogP contribution < -0.4 is 21.3 Å². The van der Waals surface area contributed by atoms with Crippen molar-refractivity contribution in [2.75, 3.05) is 19.9 Å². The van der Waals surface area contributed by atoms with Crippen LogP contribution >= 0.6 is 22.6 Å². The molecule has 0 fully saturated rings. The Bertz CT molecular complexity index is 546. The van der Waals surface area contributed by atoms with Gasteiger partial charge < -0.3 is 20.7 Å². The van der Waals surface area contributed by atoms with Crippen LogP contribution in [0.5, 0.6) is 0 Å². The lowest BCUT2D eigenvalue weighted by Crippen LogP contribution is -2.57. The first-order valence-corrected chi connectivity index (χ1v) is 11.8. The summed E-state index contributed by atoms with van der Waals surface area (Å²) in [6.07, 6.45) is 2.02. The summed E-state index contributed by atoms with van der Waals surface area (Å²) in [4.78, 5) is 25.0. The number of halogens is 1. The van der Waals surface area contributed by atoms with Crippen molar-refractivity contribution in [1.82, 2.24) is 21.3 Å². The van der Waals surface area contributed by atoms with Crippen molar-refractivity contribution in [3.63, 3.8) is 0 Å². The fourth-order valence-corrected chi connectivity index (χ4v) is 2.50. The third kappa shape index (κ3) is 15.4. The maximum absolute atomic E-state index is 12.6. The summed E-state index contributed by atoms with van der Waals surface area (Å²) in [7, 11) is 0. The number of carbonyl (C=O) groups is 2. The van der Waals surface area contributed by atoms with Gasteiger partial charge in [-0.25, -0.2) is 0 Å². The molecule has 0 aromatic heterocycles. The molecule has 1 unspecified atom stereocenters. The van der Waals surface area contributed by atoms with Gasteiger partial charge in [-0.1, -0.05) is 57.2 Å². The fraction of sp³-hybridized carbons (Fsp3) is 0.909. The van der Waals surface area contributed by atoms with Gasteiger partial charge in [0.25, 0.3) is 0 Å². The number of rotatable bonds is 12. The average Bonchev–Trinajstić information content (AvgIpc) is 2.53. The van der Waals surface area contributed by atoms with E-state index in [1.807, 2.05) is 41.5 Å². The number of carbonyl (C=O) groups excluding carboxylic acids is 2. The van der Waals surface area contributed by atoms with Gasteiger partial charge in [0, 0.05) is 20.9 Å². The van der Waals surface area contributed by atoms with Crippen LogP contribution in [-0.2, 0) is 14.3 Å². The number of ether oxygens (including phenoxy) is 1. The molecule has 1 atom stereocenters. The summed E-state index contributed by atoms with van der Waals surface area (Å²) in [6, 6.07) is -0.652. The van der Waals surface area contributed by atoms with Gasteiger partial charge in [0.1, 0.15) is 6.04 Å². The molecule has 0 saturated carbocycles. The van der Waals surface area contributed by atoms with Gasteiger partial charge in [-0.3, -0.25) is 14.9 Å². The van der Waals surface area contributed by atoms with Crippen LogP contribution in [0.25, 0.3) is 0 Å². The Morgan fingerprint density at radius 1 is 0.933 bits per heavy atom.